The molecule has 0 heterocycles. The average Bonchev–Trinajstić information content (AvgIpc) is 2.49. The molecule has 0 aliphatic heterocycles. The summed E-state index contributed by atoms with van der Waals surface area (Å²) in [6.07, 6.45) is 2.31. The molecule has 0 bridgehead atoms. The Bertz CT molecular complexity index is 496. The van der Waals surface area contributed by atoms with Crippen LogP contribution in [0.15, 0.2) is 59.5 Å². The molecule has 20 heavy (non-hydrogen) atoms. The van der Waals surface area contributed by atoms with Crippen LogP contribution in [0.25, 0.3) is 0 Å². The summed E-state index contributed by atoms with van der Waals surface area (Å²) < 4.78 is 0. The fourth-order valence-corrected chi connectivity index (χ4v) is 3.07. The van der Waals surface area contributed by atoms with Gasteiger partial charge in [0.2, 0.25) is 0 Å². The van der Waals surface area contributed by atoms with Gasteiger partial charge in [-0.25, -0.2) is 0 Å². The Morgan fingerprint density at radius 1 is 0.950 bits per heavy atom. The van der Waals surface area contributed by atoms with E-state index in [1.807, 2.05) is 11.8 Å². The predicted molar refractivity (Wildman–Crippen MR) is 89.3 cm³/mol. The van der Waals surface area contributed by atoms with E-state index in [9.17, 15) is 0 Å². The van der Waals surface area contributed by atoms with Gasteiger partial charge in [-0.2, -0.15) is 0 Å². The fourth-order valence-electron chi connectivity index (χ4n) is 2.09. The zero-order valence-corrected chi connectivity index (χ0v) is 13.0. The lowest BCUT2D eigenvalue weighted by Gasteiger charge is -2.06. The topological polar surface area (TPSA) is 12.0 Å². The second-order valence-corrected chi connectivity index (χ2v) is 6.08. The van der Waals surface area contributed by atoms with Gasteiger partial charge in [-0.05, 0) is 42.6 Å². The standard InChI is InChI=1S/C18H23NS/c1-2-12-19-15-17-9-6-10-18(14-17)20-13-11-16-7-4-3-5-8-16/h3-10,14,19H,2,11-13,15H2,1H3. The highest BCUT2D eigenvalue weighted by Crippen LogP contribution is 2.20. The highest BCUT2D eigenvalue weighted by molar-refractivity contribution is 7.99. The van der Waals surface area contributed by atoms with Gasteiger partial charge >= 0.3 is 0 Å². The summed E-state index contributed by atoms with van der Waals surface area (Å²) in [5.41, 5.74) is 2.80. The molecule has 0 amide bonds. The molecule has 2 aromatic rings. The second kappa shape index (κ2) is 8.83. The Balaban J connectivity index is 1.79. The molecule has 1 N–H and O–H groups in total. The van der Waals surface area contributed by atoms with Crippen LogP contribution in [0.3, 0.4) is 0 Å². The molecule has 0 aliphatic rings. The van der Waals surface area contributed by atoms with E-state index in [1.54, 1.807) is 0 Å². The molecule has 2 heteroatoms. The van der Waals surface area contributed by atoms with Gasteiger partial charge < -0.3 is 5.32 Å². The Labute approximate surface area is 126 Å². The maximum atomic E-state index is 3.45. The van der Waals surface area contributed by atoms with E-state index in [0.29, 0.717) is 0 Å². The maximum absolute atomic E-state index is 3.45. The summed E-state index contributed by atoms with van der Waals surface area (Å²) in [6.45, 7) is 4.26. The van der Waals surface area contributed by atoms with E-state index in [-0.39, 0.29) is 0 Å². The first-order chi connectivity index (χ1) is 9.88. The highest BCUT2D eigenvalue weighted by Gasteiger charge is 1.98. The van der Waals surface area contributed by atoms with Crippen LogP contribution in [0.5, 0.6) is 0 Å². The van der Waals surface area contributed by atoms with Crippen molar-refractivity contribution in [1.29, 1.82) is 0 Å². The first-order valence-corrected chi connectivity index (χ1v) is 8.33. The lowest BCUT2D eigenvalue weighted by atomic mass is 10.2. The molecule has 2 rings (SSSR count). The molecular formula is C18H23NS. The van der Waals surface area contributed by atoms with Crippen LogP contribution in [0.4, 0.5) is 0 Å². The minimum Gasteiger partial charge on any atom is -0.313 e. The van der Waals surface area contributed by atoms with E-state index >= 15 is 0 Å². The zero-order chi connectivity index (χ0) is 14.0. The molecule has 0 aromatic heterocycles. The molecule has 106 valence electrons. The highest BCUT2D eigenvalue weighted by atomic mass is 32.2. The molecular weight excluding hydrogens is 262 g/mol. The van der Waals surface area contributed by atoms with Gasteiger partial charge in [0.15, 0.2) is 0 Å². The lowest BCUT2D eigenvalue weighted by Crippen LogP contribution is -2.13. The number of hydrogen-bond donors (Lipinski definition) is 1. The lowest BCUT2D eigenvalue weighted by molar-refractivity contribution is 0.674. The van der Waals surface area contributed by atoms with Crippen molar-refractivity contribution in [2.24, 2.45) is 0 Å². The summed E-state index contributed by atoms with van der Waals surface area (Å²) in [5.74, 6) is 1.13. The first kappa shape index (κ1) is 15.1. The third-order valence-electron chi connectivity index (χ3n) is 3.16. The van der Waals surface area contributed by atoms with E-state index in [4.69, 9.17) is 0 Å². The van der Waals surface area contributed by atoms with Crippen molar-refractivity contribution in [3.63, 3.8) is 0 Å². The normalized spacial score (nSPS) is 10.7. The van der Waals surface area contributed by atoms with Crippen molar-refractivity contribution in [3.8, 4) is 0 Å². The van der Waals surface area contributed by atoms with Gasteiger partial charge in [-0.3, -0.25) is 0 Å². The van der Waals surface area contributed by atoms with Crippen molar-refractivity contribution >= 4 is 11.8 Å². The van der Waals surface area contributed by atoms with Gasteiger partial charge in [0.25, 0.3) is 0 Å². The number of rotatable bonds is 8. The predicted octanol–water partition coefficient (Wildman–Crippen LogP) is 4.52. The van der Waals surface area contributed by atoms with Crippen LogP contribution < -0.4 is 5.32 Å². The fraction of sp³-hybridized carbons (Fsp3) is 0.333. The van der Waals surface area contributed by atoms with Crippen molar-refractivity contribution in [3.05, 3.63) is 65.7 Å². The van der Waals surface area contributed by atoms with Gasteiger partial charge in [0, 0.05) is 17.2 Å². The van der Waals surface area contributed by atoms with Gasteiger partial charge in [-0.1, -0.05) is 49.4 Å². The number of nitrogens with one attached hydrogen (secondary N) is 1. The average molecular weight is 285 g/mol. The smallest absolute Gasteiger partial charge is 0.0205 e. The molecule has 0 spiro atoms. The largest absolute Gasteiger partial charge is 0.313 e. The van der Waals surface area contributed by atoms with Crippen LogP contribution in [0.2, 0.25) is 0 Å². The molecule has 0 fully saturated rings. The van der Waals surface area contributed by atoms with Gasteiger partial charge in [-0.15, -0.1) is 11.8 Å². The zero-order valence-electron chi connectivity index (χ0n) is 12.1. The molecule has 0 atom stereocenters. The summed E-state index contributed by atoms with van der Waals surface area (Å²) in [6, 6.07) is 19.6. The number of thioether (sulfide) groups is 1. The van der Waals surface area contributed by atoms with Gasteiger partial charge in [0.1, 0.15) is 0 Å². The summed E-state index contributed by atoms with van der Waals surface area (Å²) in [4.78, 5) is 1.37. The summed E-state index contributed by atoms with van der Waals surface area (Å²) in [7, 11) is 0. The van der Waals surface area contributed by atoms with Crippen molar-refractivity contribution in [2.75, 3.05) is 12.3 Å². The number of hydrogen-bond acceptors (Lipinski definition) is 2. The van der Waals surface area contributed by atoms with Crippen molar-refractivity contribution in [1.82, 2.24) is 5.32 Å². The van der Waals surface area contributed by atoms with E-state index in [2.05, 4.69) is 66.8 Å². The molecule has 0 aliphatic carbocycles. The van der Waals surface area contributed by atoms with E-state index in [0.717, 1.165) is 25.3 Å². The quantitative estimate of drug-likeness (QED) is 0.565. The second-order valence-electron chi connectivity index (χ2n) is 4.91. The molecule has 1 nitrogen and oxygen atoms in total. The number of aryl methyl sites for hydroxylation is 1. The van der Waals surface area contributed by atoms with Crippen LogP contribution in [0, 0.1) is 0 Å². The van der Waals surface area contributed by atoms with E-state index in [1.165, 1.54) is 22.4 Å². The van der Waals surface area contributed by atoms with Crippen LogP contribution in [0.1, 0.15) is 24.5 Å². The van der Waals surface area contributed by atoms with Crippen molar-refractivity contribution in [2.45, 2.75) is 31.2 Å². The molecule has 0 unspecified atom stereocenters. The Hall–Kier alpha value is -1.25. The van der Waals surface area contributed by atoms with Crippen LogP contribution >= 0.6 is 11.8 Å². The van der Waals surface area contributed by atoms with Crippen molar-refractivity contribution < 1.29 is 0 Å². The number of benzene rings is 2. The monoisotopic (exact) mass is 285 g/mol. The third kappa shape index (κ3) is 5.40. The molecule has 0 radical (unpaired) electrons. The van der Waals surface area contributed by atoms with Crippen LogP contribution in [-0.2, 0) is 13.0 Å². The Morgan fingerprint density at radius 2 is 1.75 bits per heavy atom. The van der Waals surface area contributed by atoms with Gasteiger partial charge in [0.05, 0.1) is 0 Å². The van der Waals surface area contributed by atoms with E-state index < -0.39 is 0 Å². The summed E-state index contributed by atoms with van der Waals surface area (Å²) >= 11 is 1.94. The molecule has 0 saturated heterocycles. The third-order valence-corrected chi connectivity index (χ3v) is 4.15. The van der Waals surface area contributed by atoms with Crippen LogP contribution in [-0.4, -0.2) is 12.3 Å². The maximum Gasteiger partial charge on any atom is 0.0205 e. The Kier molecular flexibility index (Phi) is 6.69. The SMILES string of the molecule is CCCNCc1cccc(SCCc2ccccc2)c1. The first-order valence-electron chi connectivity index (χ1n) is 7.35. The summed E-state index contributed by atoms with van der Waals surface area (Å²) in [5, 5.41) is 3.45. The minimum absolute atomic E-state index is 0.973. The minimum atomic E-state index is 0.973. The molecule has 2 aromatic carbocycles. The molecule has 0 saturated carbocycles. The Morgan fingerprint density at radius 3 is 2.55 bits per heavy atom.